The van der Waals surface area contributed by atoms with E-state index in [2.05, 4.69) is 23.7 Å². The van der Waals surface area contributed by atoms with E-state index in [1.807, 2.05) is 11.0 Å². The van der Waals surface area contributed by atoms with Crippen molar-refractivity contribution in [2.24, 2.45) is 0 Å². The molecule has 0 saturated carbocycles. The molecule has 1 aromatic heterocycles. The number of halogens is 1. The van der Waals surface area contributed by atoms with Gasteiger partial charge in [-0.15, -0.1) is 0 Å². The van der Waals surface area contributed by atoms with Gasteiger partial charge in [0.15, 0.2) is 11.5 Å². The Morgan fingerprint density at radius 2 is 1.83 bits per heavy atom. The summed E-state index contributed by atoms with van der Waals surface area (Å²) in [5.41, 5.74) is 1.39. The smallest absolute Gasteiger partial charge is 0.254 e. The lowest BCUT2D eigenvalue weighted by Crippen LogP contribution is -2.40. The number of benzene rings is 2. The minimum Gasteiger partial charge on any atom is -0.454 e. The number of hydrogen-bond donors (Lipinski definition) is 0. The van der Waals surface area contributed by atoms with Gasteiger partial charge in [0.25, 0.3) is 5.91 Å². The van der Waals surface area contributed by atoms with Crippen LogP contribution in [0.4, 0.5) is 0 Å². The first kappa shape index (κ1) is 33.7. The van der Waals surface area contributed by atoms with Crippen LogP contribution in [0, 0.1) is 0 Å². The Hall–Kier alpha value is -3.67. The summed E-state index contributed by atoms with van der Waals surface area (Å²) in [6, 6.07) is 15.2. The van der Waals surface area contributed by atoms with Gasteiger partial charge in [0.1, 0.15) is 11.7 Å². The molecule has 246 valence electrons. The average molecular weight is 669 g/mol. The van der Waals surface area contributed by atoms with Crippen LogP contribution in [0.1, 0.15) is 55.5 Å². The number of ether oxygens (including phenoxy) is 2. The van der Waals surface area contributed by atoms with E-state index in [9.17, 15) is 18.0 Å². The molecule has 10 nitrogen and oxygen atoms in total. The molecule has 1 unspecified atom stereocenters. The quantitative estimate of drug-likeness (QED) is 0.183. The van der Waals surface area contributed by atoms with Crippen LogP contribution in [0.25, 0.3) is 0 Å². The predicted octanol–water partition coefficient (Wildman–Crippen LogP) is 5.09. The molecule has 3 aromatic rings. The molecule has 0 aliphatic carbocycles. The van der Waals surface area contributed by atoms with Crippen molar-refractivity contribution in [1.29, 1.82) is 0 Å². The molecule has 2 aliphatic rings. The summed E-state index contributed by atoms with van der Waals surface area (Å²) in [4.78, 5) is 36.2. The van der Waals surface area contributed by atoms with Crippen molar-refractivity contribution in [3.8, 4) is 11.5 Å². The maximum absolute atomic E-state index is 13.4. The summed E-state index contributed by atoms with van der Waals surface area (Å²) >= 11 is 5.95. The van der Waals surface area contributed by atoms with Crippen molar-refractivity contribution in [3.63, 3.8) is 0 Å². The van der Waals surface area contributed by atoms with Crippen LogP contribution in [0.3, 0.4) is 0 Å². The molecule has 1 saturated heterocycles. The van der Waals surface area contributed by atoms with Gasteiger partial charge in [-0.05, 0) is 94.1 Å². The molecule has 0 bridgehead atoms. The summed E-state index contributed by atoms with van der Waals surface area (Å²) in [7, 11) is -3.72. The minimum absolute atomic E-state index is 0.0413. The SMILES string of the molecule is CCCN(CCCCN1CCCN(C(=O)c2ccnc(Cl)c2)CC1=O)C(C)Cc1cccc(S(=O)(=O)c2ccc3c(c2)OCO3)c1. The Kier molecular flexibility index (Phi) is 11.2. The van der Waals surface area contributed by atoms with Crippen LogP contribution in [0.15, 0.2) is 70.6 Å². The van der Waals surface area contributed by atoms with Crippen molar-refractivity contribution in [2.45, 2.75) is 61.8 Å². The first-order valence-electron chi connectivity index (χ1n) is 15.8. The largest absolute Gasteiger partial charge is 0.454 e. The van der Waals surface area contributed by atoms with Crippen molar-refractivity contribution in [2.75, 3.05) is 46.1 Å². The van der Waals surface area contributed by atoms with Gasteiger partial charge < -0.3 is 24.2 Å². The van der Waals surface area contributed by atoms with Crippen molar-refractivity contribution >= 4 is 33.3 Å². The molecule has 2 aliphatic heterocycles. The Balaban J connectivity index is 1.13. The van der Waals surface area contributed by atoms with Gasteiger partial charge in [-0.2, -0.15) is 0 Å². The summed E-state index contributed by atoms with van der Waals surface area (Å²) in [5, 5.41) is 0.249. The number of fused-ring (bicyclic) bond motifs is 1. The standard InChI is InChI=1S/C34H41ClN4O6S/c1-3-14-37(15-4-5-16-38-17-7-18-39(23-33(38)40)34(41)27-12-13-36-32(35)21-27)25(2)19-26-8-6-9-28(20-26)46(42,43)29-10-11-30-31(22-29)45-24-44-30/h6,8-13,20-22,25H,3-5,7,14-19,23-24H2,1-2H3. The fraction of sp³-hybridized carbons (Fsp3) is 0.441. The van der Waals surface area contributed by atoms with Crippen LogP contribution in [-0.2, 0) is 21.1 Å². The highest BCUT2D eigenvalue weighted by molar-refractivity contribution is 7.91. The van der Waals surface area contributed by atoms with Gasteiger partial charge >= 0.3 is 0 Å². The van der Waals surface area contributed by atoms with Gasteiger partial charge in [-0.3, -0.25) is 9.59 Å². The summed E-state index contributed by atoms with van der Waals surface area (Å²) in [5.74, 6) is 0.729. The maximum Gasteiger partial charge on any atom is 0.254 e. The van der Waals surface area contributed by atoms with Gasteiger partial charge in [0.2, 0.25) is 22.5 Å². The van der Waals surface area contributed by atoms with E-state index in [0.29, 0.717) is 43.1 Å². The number of unbranched alkanes of at least 4 members (excludes halogenated alkanes) is 1. The van der Waals surface area contributed by atoms with Gasteiger partial charge in [0, 0.05) is 43.5 Å². The zero-order valence-electron chi connectivity index (χ0n) is 26.4. The molecule has 1 fully saturated rings. The molecule has 1 atom stereocenters. The lowest BCUT2D eigenvalue weighted by molar-refractivity contribution is -0.130. The van der Waals surface area contributed by atoms with E-state index in [4.69, 9.17) is 21.1 Å². The summed E-state index contributed by atoms with van der Waals surface area (Å²) < 4.78 is 37.6. The number of nitrogens with zero attached hydrogens (tertiary/aromatic N) is 4. The third kappa shape index (κ3) is 8.18. The van der Waals surface area contributed by atoms with E-state index < -0.39 is 9.84 Å². The second-order valence-corrected chi connectivity index (χ2v) is 14.1. The van der Waals surface area contributed by atoms with Crippen LogP contribution in [0.2, 0.25) is 5.15 Å². The van der Waals surface area contributed by atoms with Crippen LogP contribution in [-0.4, -0.2) is 92.0 Å². The molecule has 3 heterocycles. The minimum atomic E-state index is -3.72. The first-order chi connectivity index (χ1) is 22.2. The van der Waals surface area contributed by atoms with Crippen LogP contribution >= 0.6 is 11.6 Å². The normalized spacial score (nSPS) is 15.7. The molecular formula is C34H41ClN4O6S. The lowest BCUT2D eigenvalue weighted by Gasteiger charge is -2.29. The highest BCUT2D eigenvalue weighted by atomic mass is 35.5. The number of sulfone groups is 1. The number of carbonyl (C=O) groups excluding carboxylic acids is 2. The number of rotatable bonds is 13. The molecule has 12 heteroatoms. The highest BCUT2D eigenvalue weighted by Gasteiger charge is 2.26. The topological polar surface area (TPSA) is 109 Å². The highest BCUT2D eigenvalue weighted by Crippen LogP contribution is 2.35. The zero-order chi connectivity index (χ0) is 32.7. The van der Waals surface area contributed by atoms with E-state index in [0.717, 1.165) is 44.3 Å². The molecule has 46 heavy (non-hydrogen) atoms. The first-order valence-corrected chi connectivity index (χ1v) is 17.7. The predicted molar refractivity (Wildman–Crippen MR) is 175 cm³/mol. The lowest BCUT2D eigenvalue weighted by atomic mass is 10.1. The molecular weight excluding hydrogens is 628 g/mol. The Morgan fingerprint density at radius 1 is 1.02 bits per heavy atom. The fourth-order valence-electron chi connectivity index (χ4n) is 5.99. The van der Waals surface area contributed by atoms with E-state index in [1.165, 1.54) is 18.3 Å². The summed E-state index contributed by atoms with van der Waals surface area (Å²) in [6.07, 6.45) is 5.70. The van der Waals surface area contributed by atoms with Gasteiger partial charge in [0.05, 0.1) is 9.79 Å². The number of pyridine rings is 1. The molecule has 0 radical (unpaired) electrons. The fourth-order valence-corrected chi connectivity index (χ4v) is 7.51. The zero-order valence-corrected chi connectivity index (χ0v) is 27.9. The second kappa shape index (κ2) is 15.3. The monoisotopic (exact) mass is 668 g/mol. The van der Waals surface area contributed by atoms with Crippen LogP contribution in [0.5, 0.6) is 11.5 Å². The third-order valence-corrected chi connectivity index (χ3v) is 10.4. The van der Waals surface area contributed by atoms with Crippen molar-refractivity contribution in [3.05, 3.63) is 77.1 Å². The Morgan fingerprint density at radius 3 is 2.63 bits per heavy atom. The average Bonchev–Trinajstić information content (AvgIpc) is 3.44. The third-order valence-electron chi connectivity index (χ3n) is 8.45. The number of aromatic nitrogens is 1. The Labute approximate surface area is 276 Å². The molecule has 0 spiro atoms. The number of hydrogen-bond acceptors (Lipinski definition) is 8. The number of amides is 2. The van der Waals surface area contributed by atoms with E-state index in [-0.39, 0.29) is 46.1 Å². The van der Waals surface area contributed by atoms with E-state index >= 15 is 0 Å². The summed E-state index contributed by atoms with van der Waals surface area (Å²) in [6.45, 7) is 8.06. The van der Waals surface area contributed by atoms with Crippen molar-refractivity contribution < 1.29 is 27.5 Å². The van der Waals surface area contributed by atoms with Crippen LogP contribution < -0.4 is 9.47 Å². The van der Waals surface area contributed by atoms with Crippen molar-refractivity contribution in [1.82, 2.24) is 19.7 Å². The Bertz CT molecular complexity index is 1650. The van der Waals surface area contributed by atoms with E-state index in [1.54, 1.807) is 41.3 Å². The molecule has 2 aromatic carbocycles. The van der Waals surface area contributed by atoms with Gasteiger partial charge in [-0.1, -0.05) is 30.7 Å². The molecule has 2 amide bonds. The molecule has 0 N–H and O–H groups in total. The number of carbonyl (C=O) groups is 2. The maximum atomic E-state index is 13.4. The molecule has 5 rings (SSSR count). The second-order valence-electron chi connectivity index (χ2n) is 11.8. The van der Waals surface area contributed by atoms with Gasteiger partial charge in [-0.25, -0.2) is 13.4 Å².